The van der Waals surface area contributed by atoms with Crippen LogP contribution in [0, 0.1) is 17.2 Å². The molecule has 1 atom stereocenters. The van der Waals surface area contributed by atoms with Gasteiger partial charge in [-0.25, -0.2) is 13.1 Å². The fourth-order valence-corrected chi connectivity index (χ4v) is 5.80. The Morgan fingerprint density at radius 2 is 1.97 bits per heavy atom. The number of hydrogen-bond acceptors (Lipinski definition) is 5. The Kier molecular flexibility index (Phi) is 5.78. The Hall–Kier alpha value is -3.03. The predicted octanol–water partition coefficient (Wildman–Crippen LogP) is 4.98. The molecular weight excluding hydrogens is 462 g/mol. The van der Waals surface area contributed by atoms with E-state index in [0.29, 0.717) is 33.8 Å². The zero-order valence-electron chi connectivity index (χ0n) is 18.5. The number of pyridine rings is 1. The van der Waals surface area contributed by atoms with Crippen molar-refractivity contribution in [2.75, 3.05) is 0 Å². The third-order valence-corrected chi connectivity index (χ3v) is 8.26. The van der Waals surface area contributed by atoms with Crippen LogP contribution in [0.15, 0.2) is 41.4 Å². The molecule has 2 aromatic heterocycles. The number of sulfonamides is 1. The van der Waals surface area contributed by atoms with E-state index in [2.05, 4.69) is 20.5 Å². The largest absolute Gasteiger partial charge is 0.435 e. The summed E-state index contributed by atoms with van der Waals surface area (Å²) in [7, 11) is -3.71. The standard InChI is InChI=1S/C24H24F2N4O3S/c1-14(15-5-6-15)29-34(31,32)18-8-10-21(28-13-18)23-20(12-27)19-9-7-17(33-24(25)26)11-22(19)30(23)16-3-2-4-16/h7-11,13-16,24,29H,2-6H2,1H3/t14-/m0/s1. The summed E-state index contributed by atoms with van der Waals surface area (Å²) in [6, 6.07) is 9.80. The molecule has 7 nitrogen and oxygen atoms in total. The van der Waals surface area contributed by atoms with Crippen LogP contribution in [0.4, 0.5) is 8.78 Å². The summed E-state index contributed by atoms with van der Waals surface area (Å²) in [5, 5.41) is 10.6. The van der Waals surface area contributed by atoms with Crippen LogP contribution in [0.2, 0.25) is 0 Å². The number of fused-ring (bicyclic) bond motifs is 1. The molecule has 2 aliphatic carbocycles. The first-order chi connectivity index (χ1) is 16.3. The van der Waals surface area contributed by atoms with Gasteiger partial charge in [-0.15, -0.1) is 0 Å². The van der Waals surface area contributed by atoms with Crippen molar-refractivity contribution in [3.63, 3.8) is 0 Å². The van der Waals surface area contributed by atoms with Crippen LogP contribution in [0.3, 0.4) is 0 Å². The Morgan fingerprint density at radius 1 is 1.21 bits per heavy atom. The van der Waals surface area contributed by atoms with E-state index in [1.807, 2.05) is 11.5 Å². The van der Waals surface area contributed by atoms with E-state index >= 15 is 0 Å². The normalized spacial score (nSPS) is 17.5. The zero-order valence-corrected chi connectivity index (χ0v) is 19.4. The molecule has 0 unspecified atom stereocenters. The second-order valence-corrected chi connectivity index (χ2v) is 10.7. The molecular formula is C24H24F2N4O3S. The van der Waals surface area contributed by atoms with Gasteiger partial charge in [0.15, 0.2) is 0 Å². The number of ether oxygens (including phenoxy) is 1. The number of nitriles is 1. The molecule has 2 heterocycles. The first kappa shape index (κ1) is 22.7. The summed E-state index contributed by atoms with van der Waals surface area (Å²) in [6.45, 7) is -1.09. The van der Waals surface area contributed by atoms with Crippen LogP contribution in [0.25, 0.3) is 22.3 Å². The molecule has 0 radical (unpaired) electrons. The van der Waals surface area contributed by atoms with Crippen molar-refractivity contribution < 1.29 is 21.9 Å². The summed E-state index contributed by atoms with van der Waals surface area (Å²) in [5.74, 6) is 0.388. The van der Waals surface area contributed by atoms with Crippen LogP contribution in [-0.4, -0.2) is 30.6 Å². The third kappa shape index (κ3) is 4.14. The molecule has 3 aromatic rings. The molecule has 178 valence electrons. The number of benzene rings is 1. The molecule has 10 heteroatoms. The average Bonchev–Trinajstić information content (AvgIpc) is 3.56. The van der Waals surface area contributed by atoms with Gasteiger partial charge in [-0.3, -0.25) is 4.98 Å². The molecule has 2 saturated carbocycles. The summed E-state index contributed by atoms with van der Waals surface area (Å²) in [6.07, 6.45) is 6.14. The van der Waals surface area contributed by atoms with E-state index in [4.69, 9.17) is 0 Å². The Balaban J connectivity index is 1.58. The highest BCUT2D eigenvalue weighted by molar-refractivity contribution is 7.89. The monoisotopic (exact) mass is 486 g/mol. The van der Waals surface area contributed by atoms with Gasteiger partial charge in [-0.05, 0) is 69.2 Å². The van der Waals surface area contributed by atoms with Gasteiger partial charge in [0, 0.05) is 29.7 Å². The van der Waals surface area contributed by atoms with Gasteiger partial charge in [0.2, 0.25) is 10.0 Å². The summed E-state index contributed by atoms with van der Waals surface area (Å²) >= 11 is 0. The number of rotatable bonds is 8. The van der Waals surface area contributed by atoms with E-state index < -0.39 is 16.6 Å². The SMILES string of the molecule is C[C@H](NS(=O)(=O)c1ccc(-c2c(C#N)c3ccc(OC(F)F)cc3n2C2CCC2)nc1)C1CC1. The molecule has 0 bridgehead atoms. The van der Waals surface area contributed by atoms with Gasteiger partial charge < -0.3 is 9.30 Å². The minimum atomic E-state index is -3.71. The van der Waals surface area contributed by atoms with E-state index in [-0.39, 0.29) is 22.7 Å². The van der Waals surface area contributed by atoms with Crippen molar-refractivity contribution in [2.45, 2.75) is 62.6 Å². The first-order valence-corrected chi connectivity index (χ1v) is 12.8. The lowest BCUT2D eigenvalue weighted by atomic mass is 9.92. The van der Waals surface area contributed by atoms with Gasteiger partial charge in [0.05, 0.1) is 22.5 Å². The van der Waals surface area contributed by atoms with Gasteiger partial charge in [0.25, 0.3) is 0 Å². The van der Waals surface area contributed by atoms with E-state index in [9.17, 15) is 22.5 Å². The Bertz CT molecular complexity index is 1370. The molecule has 5 rings (SSSR count). The van der Waals surface area contributed by atoms with E-state index in [0.717, 1.165) is 32.1 Å². The highest BCUT2D eigenvalue weighted by atomic mass is 32.2. The number of nitrogens with one attached hydrogen (secondary N) is 1. The molecule has 0 spiro atoms. The third-order valence-electron chi connectivity index (χ3n) is 6.71. The highest BCUT2D eigenvalue weighted by Gasteiger charge is 2.32. The predicted molar refractivity (Wildman–Crippen MR) is 122 cm³/mol. The van der Waals surface area contributed by atoms with Crippen LogP contribution in [0.5, 0.6) is 5.75 Å². The average molecular weight is 487 g/mol. The summed E-state index contributed by atoms with van der Waals surface area (Å²) in [4.78, 5) is 4.47. The van der Waals surface area contributed by atoms with Gasteiger partial charge in [-0.2, -0.15) is 14.0 Å². The fourth-order valence-electron chi connectivity index (χ4n) is 4.54. The highest BCUT2D eigenvalue weighted by Crippen LogP contribution is 2.43. The van der Waals surface area contributed by atoms with Crippen molar-refractivity contribution in [3.05, 3.63) is 42.1 Å². The van der Waals surface area contributed by atoms with Crippen molar-refractivity contribution in [3.8, 4) is 23.2 Å². The molecule has 0 saturated heterocycles. The van der Waals surface area contributed by atoms with Gasteiger partial charge in [0.1, 0.15) is 16.7 Å². The number of hydrogen-bond donors (Lipinski definition) is 1. The molecule has 0 aliphatic heterocycles. The minimum Gasteiger partial charge on any atom is -0.435 e. The fraction of sp³-hybridized carbons (Fsp3) is 0.417. The topological polar surface area (TPSA) is 97.0 Å². The first-order valence-electron chi connectivity index (χ1n) is 11.3. The molecule has 2 fully saturated rings. The van der Waals surface area contributed by atoms with Crippen LogP contribution >= 0.6 is 0 Å². The van der Waals surface area contributed by atoms with Crippen molar-refractivity contribution in [2.24, 2.45) is 5.92 Å². The number of aromatic nitrogens is 2. The van der Waals surface area contributed by atoms with Crippen LogP contribution in [-0.2, 0) is 10.0 Å². The van der Waals surface area contributed by atoms with E-state index in [1.165, 1.54) is 24.4 Å². The molecule has 1 aromatic carbocycles. The number of halogens is 2. The maximum Gasteiger partial charge on any atom is 0.387 e. The minimum absolute atomic E-state index is 0.0156. The number of nitrogens with zero attached hydrogens (tertiary/aromatic N) is 3. The molecule has 34 heavy (non-hydrogen) atoms. The molecule has 0 amide bonds. The molecule has 2 aliphatic rings. The number of alkyl halides is 2. The maximum atomic E-state index is 12.8. The van der Waals surface area contributed by atoms with Crippen molar-refractivity contribution in [1.29, 1.82) is 5.26 Å². The van der Waals surface area contributed by atoms with Gasteiger partial charge in [-0.1, -0.05) is 0 Å². The molecule has 1 N–H and O–H groups in total. The Labute approximate surface area is 196 Å². The second kappa shape index (κ2) is 8.64. The lowest BCUT2D eigenvalue weighted by Crippen LogP contribution is -2.34. The van der Waals surface area contributed by atoms with Crippen LogP contribution < -0.4 is 9.46 Å². The van der Waals surface area contributed by atoms with Crippen LogP contribution in [0.1, 0.15) is 50.6 Å². The van der Waals surface area contributed by atoms with Crippen molar-refractivity contribution in [1.82, 2.24) is 14.3 Å². The Morgan fingerprint density at radius 3 is 2.53 bits per heavy atom. The van der Waals surface area contributed by atoms with Crippen molar-refractivity contribution >= 4 is 20.9 Å². The maximum absolute atomic E-state index is 12.8. The smallest absolute Gasteiger partial charge is 0.387 e. The van der Waals surface area contributed by atoms with E-state index in [1.54, 1.807) is 12.1 Å². The zero-order chi connectivity index (χ0) is 24.0. The lowest BCUT2D eigenvalue weighted by Gasteiger charge is -2.30. The summed E-state index contributed by atoms with van der Waals surface area (Å²) in [5.41, 5.74) is 1.99. The second-order valence-electron chi connectivity index (χ2n) is 8.97. The summed E-state index contributed by atoms with van der Waals surface area (Å²) < 4.78 is 60.3. The van der Waals surface area contributed by atoms with Gasteiger partial charge >= 0.3 is 6.61 Å². The lowest BCUT2D eigenvalue weighted by molar-refractivity contribution is -0.0497. The quantitative estimate of drug-likeness (QED) is 0.484.